The number of nitrogens with zero attached hydrogens (tertiary/aromatic N) is 2. The van der Waals surface area contributed by atoms with Crippen LogP contribution in [0.25, 0.3) is 0 Å². The lowest BCUT2D eigenvalue weighted by atomic mass is 10.00. The van der Waals surface area contributed by atoms with Gasteiger partial charge in [-0.15, -0.1) is 11.3 Å². The summed E-state index contributed by atoms with van der Waals surface area (Å²) in [5, 5.41) is 8.30. The Balaban J connectivity index is 1.93. The Morgan fingerprint density at radius 1 is 1.33 bits per heavy atom. The molecule has 1 aliphatic rings. The molecule has 0 saturated heterocycles. The van der Waals surface area contributed by atoms with E-state index in [4.69, 9.17) is 0 Å². The molecular formula is C17H18N2OS. The molecule has 1 atom stereocenters. The molecule has 0 aliphatic carbocycles. The van der Waals surface area contributed by atoms with Gasteiger partial charge in [0.25, 0.3) is 0 Å². The monoisotopic (exact) mass is 298 g/mol. The van der Waals surface area contributed by atoms with Gasteiger partial charge in [-0.3, -0.25) is 4.79 Å². The van der Waals surface area contributed by atoms with Crippen molar-refractivity contribution in [2.75, 3.05) is 0 Å². The molecule has 0 bridgehead atoms. The maximum atomic E-state index is 12.2. The van der Waals surface area contributed by atoms with E-state index in [1.165, 1.54) is 5.56 Å². The average Bonchev–Trinajstić information content (AvgIpc) is 3.16. The van der Waals surface area contributed by atoms with Crippen molar-refractivity contribution in [2.45, 2.75) is 32.7 Å². The van der Waals surface area contributed by atoms with Gasteiger partial charge in [-0.1, -0.05) is 42.8 Å². The highest BCUT2D eigenvalue weighted by molar-refractivity contribution is 7.12. The molecule has 4 heteroatoms. The van der Waals surface area contributed by atoms with Crippen LogP contribution in [0.3, 0.4) is 0 Å². The van der Waals surface area contributed by atoms with Gasteiger partial charge in [0.15, 0.2) is 0 Å². The van der Waals surface area contributed by atoms with E-state index in [1.807, 2.05) is 18.4 Å². The molecule has 3 nitrogen and oxygen atoms in total. The van der Waals surface area contributed by atoms with E-state index in [0.717, 1.165) is 22.6 Å². The minimum atomic E-state index is 0.0233. The maximum absolute atomic E-state index is 12.2. The van der Waals surface area contributed by atoms with Gasteiger partial charge >= 0.3 is 0 Å². The second-order valence-corrected chi connectivity index (χ2v) is 6.19. The van der Waals surface area contributed by atoms with Crippen LogP contribution in [0.2, 0.25) is 0 Å². The zero-order valence-corrected chi connectivity index (χ0v) is 13.1. The molecule has 1 aromatic carbocycles. The summed E-state index contributed by atoms with van der Waals surface area (Å²) in [4.78, 5) is 13.4. The zero-order valence-electron chi connectivity index (χ0n) is 12.2. The number of carbonyl (C=O) groups is 1. The normalized spacial score (nSPS) is 17.9. The molecule has 2 heterocycles. The number of rotatable bonds is 3. The second kappa shape index (κ2) is 5.82. The van der Waals surface area contributed by atoms with Crippen molar-refractivity contribution in [3.63, 3.8) is 0 Å². The Hall–Kier alpha value is -1.94. The number of aryl methyl sites for hydroxylation is 1. The van der Waals surface area contributed by atoms with Crippen molar-refractivity contribution in [3.05, 3.63) is 57.8 Å². The van der Waals surface area contributed by atoms with Gasteiger partial charge in [-0.25, -0.2) is 5.01 Å². The third kappa shape index (κ3) is 2.76. The highest BCUT2D eigenvalue weighted by Crippen LogP contribution is 2.34. The van der Waals surface area contributed by atoms with Gasteiger partial charge in [0.1, 0.15) is 0 Å². The summed E-state index contributed by atoms with van der Waals surface area (Å²) in [6.45, 7) is 3.95. The minimum Gasteiger partial charge on any atom is -0.273 e. The molecule has 2 aromatic rings. The van der Waals surface area contributed by atoms with Crippen LogP contribution in [0.4, 0.5) is 0 Å². The lowest BCUT2D eigenvalue weighted by molar-refractivity contribution is -0.132. The summed E-state index contributed by atoms with van der Waals surface area (Å²) < 4.78 is 0. The Kier molecular flexibility index (Phi) is 3.88. The number of carbonyl (C=O) groups excluding carboxylic acids is 1. The summed E-state index contributed by atoms with van der Waals surface area (Å²) in [6.07, 6.45) is 1.26. The van der Waals surface area contributed by atoms with E-state index >= 15 is 0 Å². The molecule has 3 rings (SSSR count). The SMILES string of the molecule is CCC(=O)N1N=C(c2cccs2)C[C@H]1c1ccc(C)cc1. The summed E-state index contributed by atoms with van der Waals surface area (Å²) in [5.41, 5.74) is 3.39. The first-order chi connectivity index (χ1) is 10.2. The fraction of sp³-hybridized carbons (Fsp3) is 0.294. The molecule has 1 aromatic heterocycles. The van der Waals surface area contributed by atoms with Crippen LogP contribution in [0.5, 0.6) is 0 Å². The van der Waals surface area contributed by atoms with E-state index < -0.39 is 0 Å². The fourth-order valence-electron chi connectivity index (χ4n) is 2.54. The van der Waals surface area contributed by atoms with Crippen molar-refractivity contribution in [3.8, 4) is 0 Å². The standard InChI is InChI=1S/C17H18N2OS/c1-3-17(20)19-15(13-8-6-12(2)7-9-13)11-14(18-19)16-5-4-10-21-16/h4-10,15H,3,11H2,1-2H3/t15-/m0/s1. The first-order valence-corrected chi connectivity index (χ1v) is 8.07. The predicted octanol–water partition coefficient (Wildman–Crippen LogP) is 4.14. The lowest BCUT2D eigenvalue weighted by Crippen LogP contribution is -2.26. The predicted molar refractivity (Wildman–Crippen MR) is 86.5 cm³/mol. The van der Waals surface area contributed by atoms with Gasteiger partial charge in [0.2, 0.25) is 5.91 Å². The number of hydrazone groups is 1. The van der Waals surface area contributed by atoms with Crippen molar-refractivity contribution < 1.29 is 4.79 Å². The van der Waals surface area contributed by atoms with E-state index in [1.54, 1.807) is 16.3 Å². The van der Waals surface area contributed by atoms with Crippen LogP contribution >= 0.6 is 11.3 Å². The highest BCUT2D eigenvalue weighted by atomic mass is 32.1. The molecule has 21 heavy (non-hydrogen) atoms. The van der Waals surface area contributed by atoms with Crippen LogP contribution in [0.1, 0.15) is 41.8 Å². The summed E-state index contributed by atoms with van der Waals surface area (Å²) in [5.74, 6) is 0.0760. The maximum Gasteiger partial charge on any atom is 0.242 e. The molecule has 0 saturated carbocycles. The number of hydrogen-bond acceptors (Lipinski definition) is 3. The molecule has 0 N–H and O–H groups in total. The summed E-state index contributed by atoms with van der Waals surface area (Å²) in [7, 11) is 0. The summed E-state index contributed by atoms with van der Waals surface area (Å²) in [6, 6.07) is 12.5. The first kappa shape index (κ1) is 14.0. The molecule has 0 spiro atoms. The average molecular weight is 298 g/mol. The Labute approximate surface area is 128 Å². The van der Waals surface area contributed by atoms with E-state index in [9.17, 15) is 4.79 Å². The lowest BCUT2D eigenvalue weighted by Gasteiger charge is -2.21. The molecule has 0 radical (unpaired) electrons. The molecule has 1 amide bonds. The second-order valence-electron chi connectivity index (χ2n) is 5.25. The van der Waals surface area contributed by atoms with Gasteiger partial charge in [-0.2, -0.15) is 5.10 Å². The summed E-state index contributed by atoms with van der Waals surface area (Å²) >= 11 is 1.67. The van der Waals surface area contributed by atoms with E-state index in [-0.39, 0.29) is 11.9 Å². The van der Waals surface area contributed by atoms with Crippen molar-refractivity contribution in [2.24, 2.45) is 5.10 Å². The molecule has 0 fully saturated rings. The Morgan fingerprint density at radius 2 is 2.10 bits per heavy atom. The quantitative estimate of drug-likeness (QED) is 0.838. The largest absolute Gasteiger partial charge is 0.273 e. The van der Waals surface area contributed by atoms with Crippen LogP contribution < -0.4 is 0 Å². The number of benzene rings is 1. The van der Waals surface area contributed by atoms with E-state index in [2.05, 4.69) is 42.4 Å². The van der Waals surface area contributed by atoms with Crippen molar-refractivity contribution >= 4 is 23.0 Å². The van der Waals surface area contributed by atoms with Gasteiger partial charge in [0, 0.05) is 12.8 Å². The van der Waals surface area contributed by atoms with Crippen LogP contribution in [-0.4, -0.2) is 16.6 Å². The van der Waals surface area contributed by atoms with E-state index in [0.29, 0.717) is 6.42 Å². The Bertz CT molecular complexity index is 659. The van der Waals surface area contributed by atoms with Crippen LogP contribution in [0.15, 0.2) is 46.9 Å². The Morgan fingerprint density at radius 3 is 2.71 bits per heavy atom. The van der Waals surface area contributed by atoms with Crippen LogP contribution in [0, 0.1) is 6.92 Å². The van der Waals surface area contributed by atoms with Gasteiger partial charge < -0.3 is 0 Å². The molecule has 0 unspecified atom stereocenters. The number of amides is 1. The highest BCUT2D eigenvalue weighted by Gasteiger charge is 2.32. The molecular weight excluding hydrogens is 280 g/mol. The topological polar surface area (TPSA) is 32.7 Å². The molecule has 1 aliphatic heterocycles. The first-order valence-electron chi connectivity index (χ1n) is 7.19. The fourth-order valence-corrected chi connectivity index (χ4v) is 3.26. The third-order valence-electron chi connectivity index (χ3n) is 3.74. The molecule has 108 valence electrons. The zero-order chi connectivity index (χ0) is 14.8. The minimum absolute atomic E-state index is 0.0233. The third-order valence-corrected chi connectivity index (χ3v) is 4.65. The van der Waals surface area contributed by atoms with Gasteiger partial charge in [-0.05, 0) is 23.9 Å². The van der Waals surface area contributed by atoms with Crippen LogP contribution in [-0.2, 0) is 4.79 Å². The van der Waals surface area contributed by atoms with Crippen molar-refractivity contribution in [1.82, 2.24) is 5.01 Å². The number of thiophene rings is 1. The van der Waals surface area contributed by atoms with Crippen molar-refractivity contribution in [1.29, 1.82) is 0 Å². The number of hydrogen-bond donors (Lipinski definition) is 0. The smallest absolute Gasteiger partial charge is 0.242 e. The van der Waals surface area contributed by atoms with Gasteiger partial charge in [0.05, 0.1) is 16.6 Å².